The summed E-state index contributed by atoms with van der Waals surface area (Å²) in [5.41, 5.74) is 0. The summed E-state index contributed by atoms with van der Waals surface area (Å²) in [5, 5.41) is 0.496. The lowest BCUT2D eigenvalue weighted by Crippen LogP contribution is -2.42. The van der Waals surface area contributed by atoms with Crippen LogP contribution in [-0.2, 0) is 9.53 Å². The van der Waals surface area contributed by atoms with Crippen LogP contribution in [0.3, 0.4) is 0 Å². The molecule has 0 saturated heterocycles. The molecule has 2 N–H and O–H groups in total. The van der Waals surface area contributed by atoms with E-state index in [-0.39, 0.29) is 6.42 Å². The number of amides is 2. The van der Waals surface area contributed by atoms with Crippen LogP contribution in [0.15, 0.2) is 0 Å². The van der Waals surface area contributed by atoms with Crippen LogP contribution in [0.1, 0.15) is 26.2 Å². The highest BCUT2D eigenvalue weighted by Crippen LogP contribution is 1.98. The zero-order valence-electron chi connectivity index (χ0n) is 7.37. The smallest absolute Gasteiger partial charge is 0.431 e. The van der Waals surface area contributed by atoms with Crippen LogP contribution in [0.5, 0.6) is 0 Å². The van der Waals surface area contributed by atoms with E-state index in [0.717, 1.165) is 12.8 Å². The maximum atomic E-state index is 11.0. The number of ether oxygens (including phenoxy) is 1. The zero-order valence-corrected chi connectivity index (χ0v) is 7.37. The largest absolute Gasteiger partial charge is 0.451 e. The van der Waals surface area contributed by atoms with E-state index >= 15 is 0 Å². The van der Waals surface area contributed by atoms with Crippen molar-refractivity contribution in [1.29, 1.82) is 0 Å². The van der Waals surface area contributed by atoms with E-state index in [1.165, 1.54) is 7.11 Å². The molecule has 0 aromatic carbocycles. The second kappa shape index (κ2) is 5.54. The van der Waals surface area contributed by atoms with Crippen LogP contribution in [-0.4, -0.2) is 24.1 Å². The number of carbonyl (C=O) groups is 2. The van der Waals surface area contributed by atoms with Gasteiger partial charge in [0.2, 0.25) is 5.91 Å². The van der Waals surface area contributed by atoms with Crippen LogP contribution >= 0.6 is 0 Å². The van der Waals surface area contributed by atoms with E-state index in [4.69, 9.17) is 5.84 Å². The Kier molecular flexibility index (Phi) is 5.03. The Hall–Kier alpha value is -1.10. The molecular weight excluding hydrogens is 160 g/mol. The van der Waals surface area contributed by atoms with Gasteiger partial charge in [0, 0.05) is 6.42 Å². The lowest BCUT2D eigenvalue weighted by atomic mass is 10.2. The number of carbonyl (C=O) groups excluding carboxylic acids is 2. The molecule has 0 heterocycles. The number of hydrazine groups is 1. The average molecular weight is 174 g/mol. The fourth-order valence-corrected chi connectivity index (χ4v) is 0.649. The SMILES string of the molecule is CCCCC(=O)N(N)C(=O)OC. The van der Waals surface area contributed by atoms with Gasteiger partial charge in [-0.25, -0.2) is 10.6 Å². The van der Waals surface area contributed by atoms with E-state index in [1.807, 2.05) is 6.92 Å². The predicted molar refractivity (Wildman–Crippen MR) is 43.0 cm³/mol. The second-order valence-electron chi connectivity index (χ2n) is 2.34. The van der Waals surface area contributed by atoms with Crippen molar-refractivity contribution in [3.05, 3.63) is 0 Å². The van der Waals surface area contributed by atoms with Gasteiger partial charge in [-0.3, -0.25) is 4.79 Å². The third-order valence-electron chi connectivity index (χ3n) is 1.38. The van der Waals surface area contributed by atoms with E-state index < -0.39 is 12.0 Å². The highest BCUT2D eigenvalue weighted by atomic mass is 16.5. The van der Waals surface area contributed by atoms with Gasteiger partial charge in [-0.1, -0.05) is 13.3 Å². The summed E-state index contributed by atoms with van der Waals surface area (Å²) in [6.45, 7) is 1.95. The Labute approximate surface area is 71.4 Å². The minimum absolute atomic E-state index is 0.280. The summed E-state index contributed by atoms with van der Waals surface area (Å²) in [5.74, 6) is 4.71. The molecule has 5 nitrogen and oxygen atoms in total. The molecule has 0 radical (unpaired) electrons. The highest BCUT2D eigenvalue weighted by molar-refractivity contribution is 5.90. The van der Waals surface area contributed by atoms with Crippen molar-refractivity contribution in [2.24, 2.45) is 5.84 Å². The molecule has 70 valence electrons. The monoisotopic (exact) mass is 174 g/mol. The van der Waals surface area contributed by atoms with Crippen molar-refractivity contribution in [3.63, 3.8) is 0 Å². The van der Waals surface area contributed by atoms with E-state index in [0.29, 0.717) is 5.01 Å². The Bertz CT molecular complexity index is 170. The first-order chi connectivity index (χ1) is 5.63. The molecule has 0 aliphatic rings. The Morgan fingerprint density at radius 3 is 2.50 bits per heavy atom. The van der Waals surface area contributed by atoms with Crippen LogP contribution in [0.25, 0.3) is 0 Å². The number of imide groups is 1. The minimum atomic E-state index is -0.823. The van der Waals surface area contributed by atoms with Crippen molar-refractivity contribution >= 4 is 12.0 Å². The number of nitrogens with two attached hydrogens (primary N) is 1. The first-order valence-corrected chi connectivity index (χ1v) is 3.79. The number of hydrogen-bond donors (Lipinski definition) is 1. The number of unbranched alkanes of at least 4 members (excludes halogenated alkanes) is 1. The number of methoxy groups -OCH3 is 1. The number of nitrogens with zero attached hydrogens (tertiary/aromatic N) is 1. The third kappa shape index (κ3) is 3.34. The molecule has 0 fully saturated rings. The topological polar surface area (TPSA) is 72.6 Å². The lowest BCUT2D eigenvalue weighted by Gasteiger charge is -2.11. The summed E-state index contributed by atoms with van der Waals surface area (Å²) in [6, 6.07) is 0. The van der Waals surface area contributed by atoms with Crippen molar-refractivity contribution in [2.45, 2.75) is 26.2 Å². The van der Waals surface area contributed by atoms with Crippen molar-refractivity contribution in [2.75, 3.05) is 7.11 Å². The van der Waals surface area contributed by atoms with E-state index in [2.05, 4.69) is 4.74 Å². The first kappa shape index (κ1) is 10.9. The van der Waals surface area contributed by atoms with E-state index in [1.54, 1.807) is 0 Å². The van der Waals surface area contributed by atoms with Crippen LogP contribution < -0.4 is 5.84 Å². The van der Waals surface area contributed by atoms with Gasteiger partial charge in [0.25, 0.3) is 0 Å². The summed E-state index contributed by atoms with van der Waals surface area (Å²) in [7, 11) is 1.18. The molecule has 0 saturated carbocycles. The maximum absolute atomic E-state index is 11.0. The quantitative estimate of drug-likeness (QED) is 0.387. The van der Waals surface area contributed by atoms with Gasteiger partial charge >= 0.3 is 6.09 Å². The van der Waals surface area contributed by atoms with Crippen LogP contribution in [0.2, 0.25) is 0 Å². The third-order valence-corrected chi connectivity index (χ3v) is 1.38. The zero-order chi connectivity index (χ0) is 9.56. The van der Waals surface area contributed by atoms with Crippen molar-refractivity contribution in [1.82, 2.24) is 5.01 Å². The molecule has 0 atom stereocenters. The molecule has 0 aliphatic carbocycles. The van der Waals surface area contributed by atoms with Crippen molar-refractivity contribution in [3.8, 4) is 0 Å². The molecule has 0 bridgehead atoms. The standard InChI is InChI=1S/C7H14N2O3/c1-3-4-5-6(10)9(8)7(11)12-2/h3-5,8H2,1-2H3. The highest BCUT2D eigenvalue weighted by Gasteiger charge is 2.16. The summed E-state index contributed by atoms with van der Waals surface area (Å²) in [6.07, 6.45) is 1.07. The minimum Gasteiger partial charge on any atom is -0.451 e. The average Bonchev–Trinajstić information content (AvgIpc) is 2.11. The van der Waals surface area contributed by atoms with Gasteiger partial charge in [-0.2, -0.15) is 5.01 Å². The molecule has 0 aromatic heterocycles. The van der Waals surface area contributed by atoms with Gasteiger partial charge in [-0.05, 0) is 6.42 Å². The number of hydrogen-bond acceptors (Lipinski definition) is 4. The van der Waals surface area contributed by atoms with Crippen molar-refractivity contribution < 1.29 is 14.3 Å². The lowest BCUT2D eigenvalue weighted by molar-refractivity contribution is -0.129. The van der Waals surface area contributed by atoms with Gasteiger partial charge in [0.1, 0.15) is 0 Å². The van der Waals surface area contributed by atoms with Gasteiger partial charge < -0.3 is 4.74 Å². The molecule has 0 rings (SSSR count). The van der Waals surface area contributed by atoms with Gasteiger partial charge in [-0.15, -0.1) is 0 Å². The molecule has 0 spiro atoms. The molecule has 0 aromatic rings. The second-order valence-corrected chi connectivity index (χ2v) is 2.34. The molecule has 2 amide bonds. The molecular formula is C7H14N2O3. The molecule has 0 unspecified atom stereocenters. The molecule has 12 heavy (non-hydrogen) atoms. The summed E-state index contributed by atoms with van der Waals surface area (Å²) >= 11 is 0. The fourth-order valence-electron chi connectivity index (χ4n) is 0.649. The van der Waals surface area contributed by atoms with Crippen LogP contribution in [0, 0.1) is 0 Å². The van der Waals surface area contributed by atoms with E-state index in [9.17, 15) is 9.59 Å². The summed E-state index contributed by atoms with van der Waals surface area (Å²) in [4.78, 5) is 21.7. The molecule has 5 heteroatoms. The van der Waals surface area contributed by atoms with Gasteiger partial charge in [0.15, 0.2) is 0 Å². The van der Waals surface area contributed by atoms with Crippen LogP contribution in [0.4, 0.5) is 4.79 Å². The number of rotatable bonds is 3. The maximum Gasteiger partial charge on any atom is 0.431 e. The Morgan fingerprint density at radius 1 is 1.50 bits per heavy atom. The normalized spacial score (nSPS) is 9.25. The Morgan fingerprint density at radius 2 is 2.08 bits per heavy atom. The Balaban J connectivity index is 3.84. The first-order valence-electron chi connectivity index (χ1n) is 3.79. The molecule has 0 aliphatic heterocycles. The predicted octanol–water partition coefficient (Wildman–Crippen LogP) is 0.645. The fraction of sp³-hybridized carbons (Fsp3) is 0.714. The van der Waals surface area contributed by atoms with Gasteiger partial charge in [0.05, 0.1) is 7.11 Å². The summed E-state index contributed by atoms with van der Waals surface area (Å²) < 4.78 is 4.25.